The molecule has 82 valence electrons. The van der Waals surface area contributed by atoms with Gasteiger partial charge in [0.2, 0.25) is 12.2 Å². The number of halogens is 1. The lowest BCUT2D eigenvalue weighted by Crippen LogP contribution is -3.00. The summed E-state index contributed by atoms with van der Waals surface area (Å²) >= 11 is 0. The van der Waals surface area contributed by atoms with Crippen LogP contribution in [-0.4, -0.2) is 24.4 Å². The minimum Gasteiger partial charge on any atom is -1.00 e. The number of aromatic nitrogens is 1. The fourth-order valence-electron chi connectivity index (χ4n) is 1.00. The van der Waals surface area contributed by atoms with Crippen LogP contribution < -0.4 is 21.5 Å². The Kier molecular flexibility index (Phi) is 6.28. The molecule has 5 nitrogen and oxygen atoms in total. The molecule has 0 aliphatic carbocycles. The maximum absolute atomic E-state index is 10.5. The van der Waals surface area contributed by atoms with Crippen molar-refractivity contribution in [2.75, 3.05) is 7.11 Å². The largest absolute Gasteiger partial charge is 1.00 e. The van der Waals surface area contributed by atoms with Gasteiger partial charge in [-0.25, -0.2) is 4.79 Å². The molecule has 0 aliphatic heterocycles. The third kappa shape index (κ3) is 4.55. The van der Waals surface area contributed by atoms with Crippen LogP contribution in [0.1, 0.15) is 5.69 Å². The molecule has 6 heteroatoms. The van der Waals surface area contributed by atoms with E-state index in [2.05, 4.69) is 9.99 Å². The number of nitrogens with zero attached hydrogens (tertiary/aromatic N) is 2. The zero-order valence-corrected chi connectivity index (χ0v) is 9.72. The summed E-state index contributed by atoms with van der Waals surface area (Å²) in [6, 6.07) is 5.31. The molecule has 0 aromatic carbocycles. The van der Waals surface area contributed by atoms with Crippen molar-refractivity contribution in [3.8, 4) is 0 Å². The minimum atomic E-state index is -0.895. The Hall–Kier alpha value is -1.43. The summed E-state index contributed by atoms with van der Waals surface area (Å²) in [4.78, 5) is 15.0. The van der Waals surface area contributed by atoms with Gasteiger partial charge in [0.05, 0.1) is 0 Å². The van der Waals surface area contributed by atoms with Crippen LogP contribution in [0.2, 0.25) is 0 Å². The molecule has 0 unspecified atom stereocenters. The second kappa shape index (κ2) is 6.94. The van der Waals surface area contributed by atoms with Gasteiger partial charge in [0.15, 0.2) is 6.20 Å². The number of pyridine rings is 1. The zero-order chi connectivity index (χ0) is 10.4. The maximum Gasteiger partial charge on any atom is 0.370 e. The molecule has 0 saturated heterocycles. The summed E-state index contributed by atoms with van der Waals surface area (Å²) < 4.78 is 1.56. The molecule has 1 aromatic rings. The van der Waals surface area contributed by atoms with Gasteiger partial charge in [0.25, 0.3) is 0 Å². The molecule has 0 atom stereocenters. The van der Waals surface area contributed by atoms with Gasteiger partial charge in [-0.1, -0.05) is 5.16 Å². The van der Waals surface area contributed by atoms with Gasteiger partial charge in [-0.2, -0.15) is 4.57 Å². The first-order chi connectivity index (χ1) is 6.74. The highest BCUT2D eigenvalue weighted by atomic mass is 79.9. The number of aliphatic carboxylic acids is 1. The quantitative estimate of drug-likeness (QED) is 0.363. The fraction of sp³-hybridized carbons (Fsp3) is 0.222. The molecule has 0 radical (unpaired) electrons. The Balaban J connectivity index is 0.00000196. The SMILES string of the molecule is CON=Cc1cccc[n+]1CC(=O)O.[Br-]. The average molecular weight is 275 g/mol. The molecule has 1 N–H and O–H groups in total. The van der Waals surface area contributed by atoms with Gasteiger partial charge in [-0.15, -0.1) is 0 Å². The van der Waals surface area contributed by atoms with Crippen molar-refractivity contribution in [3.63, 3.8) is 0 Å². The van der Waals surface area contributed by atoms with Crippen molar-refractivity contribution in [1.29, 1.82) is 0 Å². The van der Waals surface area contributed by atoms with Crippen LogP contribution in [0.15, 0.2) is 29.6 Å². The van der Waals surface area contributed by atoms with Crippen LogP contribution in [0.3, 0.4) is 0 Å². The summed E-state index contributed by atoms with van der Waals surface area (Å²) in [5.74, 6) is -0.895. The predicted octanol–water partition coefficient (Wildman–Crippen LogP) is -2.96. The highest BCUT2D eigenvalue weighted by Gasteiger charge is 2.11. The summed E-state index contributed by atoms with van der Waals surface area (Å²) in [6.07, 6.45) is 3.13. The van der Waals surface area contributed by atoms with E-state index < -0.39 is 5.97 Å². The molecule has 0 fully saturated rings. The van der Waals surface area contributed by atoms with E-state index in [-0.39, 0.29) is 23.5 Å². The summed E-state index contributed by atoms with van der Waals surface area (Å²) in [7, 11) is 1.43. The first kappa shape index (κ1) is 13.6. The van der Waals surface area contributed by atoms with Crippen molar-refractivity contribution in [2.24, 2.45) is 5.16 Å². The molecule has 0 bridgehead atoms. The Labute approximate surface area is 97.8 Å². The first-order valence-electron chi connectivity index (χ1n) is 4.01. The third-order valence-corrected chi connectivity index (χ3v) is 1.57. The van der Waals surface area contributed by atoms with E-state index in [1.165, 1.54) is 13.3 Å². The van der Waals surface area contributed by atoms with E-state index in [1.54, 1.807) is 29.0 Å². The van der Waals surface area contributed by atoms with Crippen LogP contribution in [0, 0.1) is 0 Å². The van der Waals surface area contributed by atoms with Crippen molar-refractivity contribution >= 4 is 12.2 Å². The number of carboxylic acid groups (broad SMARTS) is 1. The van der Waals surface area contributed by atoms with Crippen LogP contribution in [-0.2, 0) is 16.2 Å². The molecule has 0 aliphatic rings. The van der Waals surface area contributed by atoms with Crippen molar-refractivity contribution in [2.45, 2.75) is 6.54 Å². The van der Waals surface area contributed by atoms with Crippen LogP contribution >= 0.6 is 0 Å². The van der Waals surface area contributed by atoms with Gasteiger partial charge >= 0.3 is 5.97 Å². The van der Waals surface area contributed by atoms with Crippen molar-refractivity contribution in [3.05, 3.63) is 30.1 Å². The monoisotopic (exact) mass is 274 g/mol. The summed E-state index contributed by atoms with van der Waals surface area (Å²) in [5.41, 5.74) is 0.678. The van der Waals surface area contributed by atoms with E-state index >= 15 is 0 Å². The Morgan fingerprint density at radius 2 is 2.40 bits per heavy atom. The molecule has 1 rings (SSSR count). The highest BCUT2D eigenvalue weighted by molar-refractivity contribution is 5.74. The number of carboxylic acids is 1. The highest BCUT2D eigenvalue weighted by Crippen LogP contribution is 1.88. The Morgan fingerprint density at radius 1 is 1.67 bits per heavy atom. The van der Waals surface area contributed by atoms with E-state index in [4.69, 9.17) is 5.11 Å². The Bertz CT molecular complexity index is 355. The molecular formula is C9H11BrN2O3. The summed E-state index contributed by atoms with van der Waals surface area (Å²) in [6.45, 7) is -0.0914. The first-order valence-corrected chi connectivity index (χ1v) is 4.01. The number of rotatable bonds is 4. The van der Waals surface area contributed by atoms with Crippen LogP contribution in [0.25, 0.3) is 0 Å². The van der Waals surface area contributed by atoms with Gasteiger partial charge in [0.1, 0.15) is 13.3 Å². The van der Waals surface area contributed by atoms with Crippen LogP contribution in [0.4, 0.5) is 0 Å². The molecule has 15 heavy (non-hydrogen) atoms. The standard InChI is InChI=1S/C9H10N2O3.BrH/c1-14-10-6-8-4-2-3-5-11(8)7-9(12)13;/h2-6H,7H2,1H3;1H. The van der Waals surface area contributed by atoms with Gasteiger partial charge < -0.3 is 26.9 Å². The molecular weight excluding hydrogens is 264 g/mol. The van der Waals surface area contributed by atoms with Crippen molar-refractivity contribution in [1.82, 2.24) is 0 Å². The second-order valence-corrected chi connectivity index (χ2v) is 2.56. The topological polar surface area (TPSA) is 62.8 Å². The average Bonchev–Trinajstić information content (AvgIpc) is 2.16. The zero-order valence-electron chi connectivity index (χ0n) is 8.13. The Morgan fingerprint density at radius 3 is 3.00 bits per heavy atom. The number of carbonyl (C=O) groups is 1. The minimum absolute atomic E-state index is 0. The van der Waals surface area contributed by atoms with E-state index in [9.17, 15) is 4.79 Å². The third-order valence-electron chi connectivity index (χ3n) is 1.57. The van der Waals surface area contributed by atoms with Gasteiger partial charge in [-0.05, 0) is 6.07 Å². The number of hydrogen-bond acceptors (Lipinski definition) is 3. The molecule has 1 aromatic heterocycles. The smallest absolute Gasteiger partial charge is 0.370 e. The predicted molar refractivity (Wildman–Crippen MR) is 48.9 cm³/mol. The summed E-state index contributed by atoms with van der Waals surface area (Å²) in [5, 5.41) is 12.2. The van der Waals surface area contributed by atoms with Crippen molar-refractivity contribution < 1.29 is 36.3 Å². The normalized spacial score (nSPS) is 9.67. The molecule has 0 spiro atoms. The van der Waals surface area contributed by atoms with E-state index in [0.29, 0.717) is 5.69 Å². The number of hydrogen-bond donors (Lipinski definition) is 1. The van der Waals surface area contributed by atoms with Gasteiger partial charge in [-0.3, -0.25) is 0 Å². The number of oxime groups is 1. The van der Waals surface area contributed by atoms with Gasteiger partial charge in [0, 0.05) is 12.1 Å². The second-order valence-electron chi connectivity index (χ2n) is 2.56. The van der Waals surface area contributed by atoms with E-state index in [0.717, 1.165) is 0 Å². The van der Waals surface area contributed by atoms with E-state index in [1.807, 2.05) is 0 Å². The molecule has 0 amide bonds. The van der Waals surface area contributed by atoms with Crippen LogP contribution in [0.5, 0.6) is 0 Å². The molecule has 0 saturated carbocycles. The lowest BCUT2D eigenvalue weighted by molar-refractivity contribution is -0.686. The lowest BCUT2D eigenvalue weighted by Gasteiger charge is -1.95. The molecule has 1 heterocycles. The maximum atomic E-state index is 10.5. The fourth-order valence-corrected chi connectivity index (χ4v) is 1.00. The lowest BCUT2D eigenvalue weighted by atomic mass is 10.3.